The van der Waals surface area contributed by atoms with Crippen LogP contribution in [0.1, 0.15) is 36.2 Å². The van der Waals surface area contributed by atoms with Gasteiger partial charge in [0.25, 0.3) is 12.3 Å². The first-order chi connectivity index (χ1) is 12.0. The van der Waals surface area contributed by atoms with Crippen LogP contribution in [0.15, 0.2) is 24.3 Å². The van der Waals surface area contributed by atoms with Gasteiger partial charge in [0.15, 0.2) is 5.69 Å². The van der Waals surface area contributed by atoms with Crippen molar-refractivity contribution in [2.45, 2.75) is 56.8 Å². The zero-order valence-corrected chi connectivity index (χ0v) is 14.2. The Balaban J connectivity index is 1.56. The highest BCUT2D eigenvalue weighted by molar-refractivity contribution is 6.05. The van der Waals surface area contributed by atoms with Crippen LogP contribution in [0.3, 0.4) is 0 Å². The molecule has 1 N–H and O–H groups in total. The predicted molar refractivity (Wildman–Crippen MR) is 90.8 cm³/mol. The molecule has 2 aliphatic heterocycles. The molecule has 134 valence electrons. The summed E-state index contributed by atoms with van der Waals surface area (Å²) in [5.41, 5.74) is 0.805. The summed E-state index contributed by atoms with van der Waals surface area (Å²) in [6.07, 6.45) is 1.73. The van der Waals surface area contributed by atoms with Gasteiger partial charge in [-0.05, 0) is 38.8 Å². The summed E-state index contributed by atoms with van der Waals surface area (Å²) in [6.45, 7) is -0.508. The number of piperidine rings is 1. The van der Waals surface area contributed by atoms with Gasteiger partial charge < -0.3 is 10.2 Å². The van der Waals surface area contributed by atoms with E-state index >= 15 is 0 Å². The van der Waals surface area contributed by atoms with Gasteiger partial charge in [0, 0.05) is 23.5 Å². The highest BCUT2D eigenvalue weighted by Crippen LogP contribution is 2.34. The van der Waals surface area contributed by atoms with E-state index < -0.39 is 13.0 Å². The van der Waals surface area contributed by atoms with E-state index in [1.807, 2.05) is 0 Å². The zero-order valence-electron chi connectivity index (χ0n) is 14.2. The van der Waals surface area contributed by atoms with Crippen LogP contribution in [0.5, 0.6) is 0 Å². The molecule has 3 heterocycles. The van der Waals surface area contributed by atoms with E-state index in [-0.39, 0.29) is 17.6 Å². The molecule has 2 saturated heterocycles. The van der Waals surface area contributed by atoms with Gasteiger partial charge >= 0.3 is 0 Å². The molecular formula is C18H22F2N4O. The Bertz CT molecular complexity index is 776. The normalized spacial score (nSPS) is 26.5. The Morgan fingerprint density at radius 2 is 1.96 bits per heavy atom. The van der Waals surface area contributed by atoms with E-state index in [0.29, 0.717) is 23.0 Å². The molecule has 25 heavy (non-hydrogen) atoms. The van der Waals surface area contributed by atoms with Gasteiger partial charge in [0.05, 0.1) is 5.52 Å². The van der Waals surface area contributed by atoms with E-state index in [2.05, 4.69) is 22.4 Å². The van der Waals surface area contributed by atoms with Gasteiger partial charge in [0.2, 0.25) is 0 Å². The Morgan fingerprint density at radius 3 is 2.64 bits per heavy atom. The fraction of sp³-hybridized carbons (Fsp3) is 0.556. The fourth-order valence-electron chi connectivity index (χ4n) is 4.35. The van der Waals surface area contributed by atoms with Gasteiger partial charge in [-0.25, -0.2) is 8.78 Å². The van der Waals surface area contributed by atoms with Crippen LogP contribution < -0.4 is 5.32 Å². The number of alkyl halides is 2. The Labute approximate surface area is 145 Å². The maximum Gasteiger partial charge on any atom is 0.272 e. The van der Waals surface area contributed by atoms with Crippen LogP contribution >= 0.6 is 0 Å². The number of hydrogen-bond acceptors (Lipinski definition) is 3. The summed E-state index contributed by atoms with van der Waals surface area (Å²) >= 11 is 0. The first-order valence-corrected chi connectivity index (χ1v) is 8.79. The number of carbonyl (C=O) groups is 1. The quantitative estimate of drug-likeness (QED) is 0.924. The fourth-order valence-corrected chi connectivity index (χ4v) is 4.35. The monoisotopic (exact) mass is 348 g/mol. The number of fused-ring (bicyclic) bond motifs is 3. The molecule has 7 heteroatoms. The van der Waals surface area contributed by atoms with Crippen molar-refractivity contribution in [2.24, 2.45) is 0 Å². The largest absolute Gasteiger partial charge is 0.348 e. The third-order valence-electron chi connectivity index (χ3n) is 5.62. The van der Waals surface area contributed by atoms with Crippen molar-refractivity contribution >= 4 is 16.8 Å². The second-order valence-electron chi connectivity index (χ2n) is 7.13. The molecule has 2 bridgehead atoms. The van der Waals surface area contributed by atoms with Crippen LogP contribution in [0.2, 0.25) is 0 Å². The van der Waals surface area contributed by atoms with Crippen LogP contribution in [-0.4, -0.2) is 52.2 Å². The SMILES string of the molecule is CN1[C@@H]2CC[C@H]1C[C@@H](NC(=O)c1nn(CC(F)F)c3ccccc13)C2. The average molecular weight is 348 g/mol. The lowest BCUT2D eigenvalue weighted by Crippen LogP contribution is -2.48. The molecule has 2 fully saturated rings. The second-order valence-corrected chi connectivity index (χ2v) is 7.13. The summed E-state index contributed by atoms with van der Waals surface area (Å²) in [6, 6.07) is 8.22. The minimum Gasteiger partial charge on any atom is -0.348 e. The molecule has 4 rings (SSSR count). The number of carbonyl (C=O) groups excluding carboxylic acids is 1. The van der Waals surface area contributed by atoms with Crippen LogP contribution in [0, 0.1) is 0 Å². The first-order valence-electron chi connectivity index (χ1n) is 8.79. The van der Waals surface area contributed by atoms with Crippen LogP contribution in [-0.2, 0) is 6.54 Å². The van der Waals surface area contributed by atoms with Gasteiger partial charge in [-0.2, -0.15) is 5.10 Å². The number of hydrogen-bond donors (Lipinski definition) is 1. The van der Waals surface area contributed by atoms with Crippen LogP contribution in [0.25, 0.3) is 10.9 Å². The molecule has 0 saturated carbocycles. The number of para-hydroxylation sites is 1. The van der Waals surface area contributed by atoms with E-state index in [4.69, 9.17) is 0 Å². The maximum absolute atomic E-state index is 12.8. The smallest absolute Gasteiger partial charge is 0.272 e. The third-order valence-corrected chi connectivity index (χ3v) is 5.62. The van der Waals surface area contributed by atoms with Crippen molar-refractivity contribution in [2.75, 3.05) is 7.05 Å². The van der Waals surface area contributed by atoms with Crippen molar-refractivity contribution in [1.82, 2.24) is 20.0 Å². The molecule has 0 aliphatic carbocycles. The van der Waals surface area contributed by atoms with Crippen molar-refractivity contribution < 1.29 is 13.6 Å². The van der Waals surface area contributed by atoms with Crippen molar-refractivity contribution in [3.8, 4) is 0 Å². The number of rotatable bonds is 4. The van der Waals surface area contributed by atoms with E-state index in [1.54, 1.807) is 24.3 Å². The first kappa shape index (κ1) is 16.4. The second kappa shape index (κ2) is 6.37. The number of halogens is 2. The Hall–Kier alpha value is -2.02. The van der Waals surface area contributed by atoms with Crippen molar-refractivity contribution in [3.05, 3.63) is 30.0 Å². The molecule has 0 radical (unpaired) electrons. The molecule has 1 amide bonds. The van der Waals surface area contributed by atoms with E-state index in [1.165, 1.54) is 17.5 Å². The number of amides is 1. The molecule has 3 atom stereocenters. The molecule has 1 aromatic carbocycles. The third kappa shape index (κ3) is 3.01. The van der Waals surface area contributed by atoms with E-state index in [9.17, 15) is 13.6 Å². The Morgan fingerprint density at radius 1 is 1.28 bits per heavy atom. The average Bonchev–Trinajstić information content (AvgIpc) is 3.01. The minimum atomic E-state index is -2.51. The molecule has 2 aromatic rings. The standard InChI is InChI=1S/C18H22F2N4O/c1-23-12-6-7-13(23)9-11(8-12)21-18(25)17-14-4-2-3-5-15(14)24(22-17)10-16(19)20/h2-5,11-13,16H,6-10H2,1H3,(H,21,25)/t11-,12+,13-. The number of nitrogens with zero attached hydrogens (tertiary/aromatic N) is 3. The lowest BCUT2D eigenvalue weighted by Gasteiger charge is -2.36. The summed E-state index contributed by atoms with van der Waals surface area (Å²) in [5.74, 6) is -0.266. The minimum absolute atomic E-state index is 0.125. The summed E-state index contributed by atoms with van der Waals surface area (Å²) < 4.78 is 26.8. The molecule has 5 nitrogen and oxygen atoms in total. The van der Waals surface area contributed by atoms with Gasteiger partial charge in [-0.15, -0.1) is 0 Å². The lowest BCUT2D eigenvalue weighted by molar-refractivity contribution is 0.0874. The summed E-state index contributed by atoms with van der Waals surface area (Å²) in [5, 5.41) is 7.89. The predicted octanol–water partition coefficient (Wildman–Crippen LogP) is 2.66. The van der Waals surface area contributed by atoms with Crippen molar-refractivity contribution in [3.63, 3.8) is 0 Å². The lowest BCUT2D eigenvalue weighted by atomic mass is 9.98. The maximum atomic E-state index is 12.8. The molecule has 2 aliphatic rings. The molecule has 1 aromatic heterocycles. The number of aromatic nitrogens is 2. The summed E-state index contributed by atoms with van der Waals surface area (Å²) in [7, 11) is 2.15. The van der Waals surface area contributed by atoms with Gasteiger partial charge in [0.1, 0.15) is 6.54 Å². The Kier molecular flexibility index (Phi) is 4.19. The molecule has 0 unspecified atom stereocenters. The van der Waals surface area contributed by atoms with Crippen LogP contribution in [0.4, 0.5) is 8.78 Å². The van der Waals surface area contributed by atoms with E-state index in [0.717, 1.165) is 12.8 Å². The molecular weight excluding hydrogens is 326 g/mol. The zero-order chi connectivity index (χ0) is 17.6. The van der Waals surface area contributed by atoms with Crippen molar-refractivity contribution in [1.29, 1.82) is 0 Å². The van der Waals surface area contributed by atoms with Gasteiger partial charge in [-0.1, -0.05) is 18.2 Å². The highest BCUT2D eigenvalue weighted by atomic mass is 19.3. The number of benzene rings is 1. The molecule has 0 spiro atoms. The number of nitrogens with one attached hydrogen (secondary N) is 1. The highest BCUT2D eigenvalue weighted by Gasteiger charge is 2.39. The topological polar surface area (TPSA) is 50.2 Å². The van der Waals surface area contributed by atoms with Gasteiger partial charge in [-0.3, -0.25) is 9.48 Å². The summed E-state index contributed by atoms with van der Waals surface area (Å²) in [4.78, 5) is 15.2.